The van der Waals surface area contributed by atoms with E-state index in [1.165, 1.54) is 6.07 Å². The summed E-state index contributed by atoms with van der Waals surface area (Å²) < 4.78 is 5.29. The second-order valence-corrected chi connectivity index (χ2v) is 4.79. The van der Waals surface area contributed by atoms with Gasteiger partial charge in [-0.2, -0.15) is 0 Å². The number of nitrogens with zero attached hydrogens (tertiary/aromatic N) is 2. The first-order chi connectivity index (χ1) is 9.58. The van der Waals surface area contributed by atoms with E-state index in [9.17, 15) is 15.2 Å². The summed E-state index contributed by atoms with van der Waals surface area (Å²) in [5.74, 6) is 0. The van der Waals surface area contributed by atoms with E-state index in [-0.39, 0.29) is 12.2 Å². The van der Waals surface area contributed by atoms with E-state index in [1.54, 1.807) is 19.1 Å². The molecule has 0 unspecified atom stereocenters. The Morgan fingerprint density at radius 1 is 1.50 bits per heavy atom. The number of nitro benzene ring substituents is 1. The van der Waals surface area contributed by atoms with Crippen LogP contribution in [-0.2, 0) is 4.74 Å². The summed E-state index contributed by atoms with van der Waals surface area (Å²) in [5, 5.41) is 23.2. The van der Waals surface area contributed by atoms with Gasteiger partial charge >= 0.3 is 0 Å². The van der Waals surface area contributed by atoms with E-state index in [0.717, 1.165) is 18.8 Å². The molecule has 1 atom stereocenters. The molecule has 1 aromatic carbocycles. The maximum atomic E-state index is 11.0. The first kappa shape index (κ1) is 14.5. The van der Waals surface area contributed by atoms with Crippen molar-refractivity contribution in [2.45, 2.75) is 13.0 Å². The molecule has 2 rings (SSSR count). The van der Waals surface area contributed by atoms with Gasteiger partial charge in [-0.25, -0.2) is 0 Å². The summed E-state index contributed by atoms with van der Waals surface area (Å²) in [6, 6.07) is 5.00. The number of anilines is 2. The second kappa shape index (κ2) is 6.53. The van der Waals surface area contributed by atoms with Crippen molar-refractivity contribution in [3.63, 3.8) is 0 Å². The van der Waals surface area contributed by atoms with Gasteiger partial charge in [0.2, 0.25) is 0 Å². The van der Waals surface area contributed by atoms with E-state index in [1.807, 2.05) is 0 Å². The van der Waals surface area contributed by atoms with E-state index in [2.05, 4.69) is 10.2 Å². The van der Waals surface area contributed by atoms with Crippen LogP contribution in [0.2, 0.25) is 0 Å². The highest BCUT2D eigenvalue weighted by atomic mass is 16.6. The van der Waals surface area contributed by atoms with E-state index in [4.69, 9.17) is 4.74 Å². The van der Waals surface area contributed by atoms with Gasteiger partial charge in [-0.1, -0.05) is 0 Å². The van der Waals surface area contributed by atoms with Crippen LogP contribution in [0.3, 0.4) is 0 Å². The average Bonchev–Trinajstić information content (AvgIpc) is 2.45. The third-order valence-electron chi connectivity index (χ3n) is 3.14. The molecule has 110 valence electrons. The molecule has 1 aliphatic rings. The van der Waals surface area contributed by atoms with Gasteiger partial charge < -0.3 is 20.1 Å². The lowest BCUT2D eigenvalue weighted by molar-refractivity contribution is -0.383. The highest BCUT2D eigenvalue weighted by Crippen LogP contribution is 2.29. The first-order valence-corrected chi connectivity index (χ1v) is 6.61. The van der Waals surface area contributed by atoms with Crippen molar-refractivity contribution in [2.24, 2.45) is 0 Å². The molecule has 0 aliphatic carbocycles. The number of hydrogen-bond donors (Lipinski definition) is 2. The molecule has 1 saturated heterocycles. The number of nitrogens with one attached hydrogen (secondary N) is 1. The number of ether oxygens (including phenoxy) is 1. The Balaban J connectivity index is 2.22. The van der Waals surface area contributed by atoms with Crippen molar-refractivity contribution in [1.29, 1.82) is 0 Å². The van der Waals surface area contributed by atoms with Crippen molar-refractivity contribution < 1.29 is 14.8 Å². The topological polar surface area (TPSA) is 87.9 Å². The SMILES string of the molecule is C[C@@H](O)CNc1cc(N2CCOCC2)ccc1[N+](=O)[O-]. The molecule has 1 heterocycles. The summed E-state index contributed by atoms with van der Waals surface area (Å²) in [7, 11) is 0. The minimum Gasteiger partial charge on any atom is -0.392 e. The molecule has 7 heteroatoms. The number of hydrogen-bond acceptors (Lipinski definition) is 6. The van der Waals surface area contributed by atoms with Crippen LogP contribution in [0.25, 0.3) is 0 Å². The van der Waals surface area contributed by atoms with Crippen molar-refractivity contribution in [2.75, 3.05) is 43.1 Å². The van der Waals surface area contributed by atoms with Crippen LogP contribution in [-0.4, -0.2) is 49.0 Å². The lowest BCUT2D eigenvalue weighted by atomic mass is 10.2. The van der Waals surface area contributed by atoms with Crippen LogP contribution in [0.15, 0.2) is 18.2 Å². The quantitative estimate of drug-likeness (QED) is 0.623. The monoisotopic (exact) mass is 281 g/mol. The third-order valence-corrected chi connectivity index (χ3v) is 3.14. The van der Waals surface area contributed by atoms with Crippen molar-refractivity contribution in [3.8, 4) is 0 Å². The zero-order valence-electron chi connectivity index (χ0n) is 11.4. The predicted molar refractivity (Wildman–Crippen MR) is 76.3 cm³/mol. The Kier molecular flexibility index (Phi) is 4.75. The number of aliphatic hydroxyl groups excluding tert-OH is 1. The number of benzene rings is 1. The average molecular weight is 281 g/mol. The summed E-state index contributed by atoms with van der Waals surface area (Å²) >= 11 is 0. The summed E-state index contributed by atoms with van der Waals surface area (Å²) in [6.45, 7) is 4.76. The minimum atomic E-state index is -0.568. The molecule has 1 fully saturated rings. The predicted octanol–water partition coefficient (Wildman–Crippen LogP) is 1.22. The summed E-state index contributed by atoms with van der Waals surface area (Å²) in [6.07, 6.45) is -0.568. The molecular formula is C13H19N3O4. The molecule has 0 bridgehead atoms. The number of rotatable bonds is 5. The number of morpholine rings is 1. The minimum absolute atomic E-state index is 0.0164. The van der Waals surface area contributed by atoms with Crippen LogP contribution < -0.4 is 10.2 Å². The Labute approximate surface area is 117 Å². The third kappa shape index (κ3) is 3.58. The van der Waals surface area contributed by atoms with E-state index in [0.29, 0.717) is 18.9 Å². The Bertz CT molecular complexity index is 473. The van der Waals surface area contributed by atoms with Gasteiger partial charge in [-0.05, 0) is 19.1 Å². The fourth-order valence-electron chi connectivity index (χ4n) is 2.10. The molecule has 1 aromatic rings. The summed E-state index contributed by atoms with van der Waals surface area (Å²) in [4.78, 5) is 12.7. The van der Waals surface area contributed by atoms with Gasteiger partial charge in [0.15, 0.2) is 0 Å². The van der Waals surface area contributed by atoms with E-state index >= 15 is 0 Å². The maximum Gasteiger partial charge on any atom is 0.292 e. The van der Waals surface area contributed by atoms with Crippen LogP contribution >= 0.6 is 0 Å². The number of aliphatic hydroxyl groups is 1. The van der Waals surface area contributed by atoms with E-state index < -0.39 is 11.0 Å². The fraction of sp³-hybridized carbons (Fsp3) is 0.538. The lowest BCUT2D eigenvalue weighted by Crippen LogP contribution is -2.36. The largest absolute Gasteiger partial charge is 0.392 e. The zero-order valence-corrected chi connectivity index (χ0v) is 11.4. The van der Waals surface area contributed by atoms with Crippen LogP contribution in [0.4, 0.5) is 17.1 Å². The highest BCUT2D eigenvalue weighted by molar-refractivity contribution is 5.69. The van der Waals surface area contributed by atoms with Gasteiger partial charge in [-0.3, -0.25) is 10.1 Å². The van der Waals surface area contributed by atoms with Gasteiger partial charge in [0.1, 0.15) is 5.69 Å². The number of nitro groups is 1. The lowest BCUT2D eigenvalue weighted by Gasteiger charge is -2.29. The van der Waals surface area contributed by atoms with Crippen molar-refractivity contribution in [3.05, 3.63) is 28.3 Å². The van der Waals surface area contributed by atoms with Gasteiger partial charge in [-0.15, -0.1) is 0 Å². The fourth-order valence-corrected chi connectivity index (χ4v) is 2.10. The smallest absolute Gasteiger partial charge is 0.292 e. The molecule has 20 heavy (non-hydrogen) atoms. The van der Waals surface area contributed by atoms with Crippen LogP contribution in [0.5, 0.6) is 0 Å². The maximum absolute atomic E-state index is 11.0. The van der Waals surface area contributed by atoms with Gasteiger partial charge in [0, 0.05) is 31.4 Å². The molecule has 7 nitrogen and oxygen atoms in total. The molecule has 0 aromatic heterocycles. The molecule has 0 spiro atoms. The Morgan fingerprint density at radius 3 is 2.80 bits per heavy atom. The molecule has 2 N–H and O–H groups in total. The second-order valence-electron chi connectivity index (χ2n) is 4.79. The van der Waals surface area contributed by atoms with Crippen LogP contribution in [0.1, 0.15) is 6.92 Å². The molecular weight excluding hydrogens is 262 g/mol. The molecule has 0 radical (unpaired) electrons. The molecule has 1 aliphatic heterocycles. The summed E-state index contributed by atoms with van der Waals surface area (Å²) in [5.41, 5.74) is 1.37. The Hall–Kier alpha value is -1.86. The highest BCUT2D eigenvalue weighted by Gasteiger charge is 2.18. The van der Waals surface area contributed by atoms with Crippen LogP contribution in [0, 0.1) is 10.1 Å². The van der Waals surface area contributed by atoms with Gasteiger partial charge in [0.25, 0.3) is 5.69 Å². The Morgan fingerprint density at radius 2 is 2.20 bits per heavy atom. The zero-order chi connectivity index (χ0) is 14.5. The van der Waals surface area contributed by atoms with Crippen molar-refractivity contribution >= 4 is 17.1 Å². The van der Waals surface area contributed by atoms with Gasteiger partial charge in [0.05, 0.1) is 24.2 Å². The first-order valence-electron chi connectivity index (χ1n) is 6.61. The molecule has 0 amide bonds. The van der Waals surface area contributed by atoms with Crippen molar-refractivity contribution in [1.82, 2.24) is 0 Å². The standard InChI is InChI=1S/C13H19N3O4/c1-10(17)9-14-12-8-11(2-3-13(12)16(18)19)15-4-6-20-7-5-15/h2-3,8,10,14,17H,4-7,9H2,1H3/t10-/m1/s1. The normalized spacial score (nSPS) is 16.8. The molecule has 0 saturated carbocycles.